The van der Waals surface area contributed by atoms with E-state index in [0.717, 1.165) is 21.2 Å². The summed E-state index contributed by atoms with van der Waals surface area (Å²) in [5.74, 6) is -0.215. The van der Waals surface area contributed by atoms with Crippen molar-refractivity contribution in [3.8, 4) is 0 Å². The Labute approximate surface area is 155 Å². The third kappa shape index (κ3) is 4.51. The van der Waals surface area contributed by atoms with Gasteiger partial charge in [-0.1, -0.05) is 30.3 Å². The number of aliphatic hydroxyl groups excluding tert-OH is 1. The summed E-state index contributed by atoms with van der Waals surface area (Å²) in [5.41, 5.74) is 1.83. The molecule has 3 rings (SSSR count). The number of hydrogen-bond acceptors (Lipinski definition) is 4. The molecule has 0 aliphatic heterocycles. The van der Waals surface area contributed by atoms with E-state index in [1.807, 2.05) is 60.2 Å². The number of carbonyl (C=O) groups is 1. The molecule has 25 heavy (non-hydrogen) atoms. The zero-order valence-electron chi connectivity index (χ0n) is 13.8. The predicted octanol–water partition coefficient (Wildman–Crippen LogP) is 4.49. The third-order valence-electron chi connectivity index (χ3n) is 3.88. The maximum atomic E-state index is 12.0. The van der Waals surface area contributed by atoms with E-state index >= 15 is 0 Å². The second-order valence-corrected chi connectivity index (χ2v) is 7.35. The lowest BCUT2D eigenvalue weighted by atomic mass is 10.1. The number of fused-ring (bicyclic) bond motifs is 1. The second-order valence-electron chi connectivity index (χ2n) is 5.55. The number of aliphatic hydroxyl groups is 1. The quantitative estimate of drug-likeness (QED) is 0.497. The minimum absolute atomic E-state index is 0.190. The molecule has 0 aliphatic rings. The maximum Gasteiger partial charge on any atom is 0.244 e. The van der Waals surface area contributed by atoms with Gasteiger partial charge in [0.2, 0.25) is 5.91 Å². The van der Waals surface area contributed by atoms with Crippen molar-refractivity contribution in [2.45, 2.75) is 11.0 Å². The summed E-state index contributed by atoms with van der Waals surface area (Å²) in [6, 6.07) is 15.9. The summed E-state index contributed by atoms with van der Waals surface area (Å²) in [4.78, 5) is 13.2. The molecule has 0 radical (unpaired) electrons. The first kappa shape index (κ1) is 17.7. The molecule has 3 nitrogen and oxygen atoms in total. The molecule has 0 saturated carbocycles. The lowest BCUT2D eigenvalue weighted by Gasteiger charge is -2.10. The zero-order valence-corrected chi connectivity index (χ0v) is 15.4. The van der Waals surface area contributed by atoms with E-state index < -0.39 is 6.10 Å². The van der Waals surface area contributed by atoms with Gasteiger partial charge in [-0.2, -0.15) is 0 Å². The Bertz CT molecular complexity index is 884. The highest BCUT2D eigenvalue weighted by atomic mass is 32.2. The van der Waals surface area contributed by atoms with Crippen LogP contribution < -0.4 is 5.32 Å². The van der Waals surface area contributed by atoms with Gasteiger partial charge < -0.3 is 10.4 Å². The van der Waals surface area contributed by atoms with Crippen LogP contribution >= 0.6 is 23.1 Å². The molecule has 1 unspecified atom stereocenters. The summed E-state index contributed by atoms with van der Waals surface area (Å²) in [5, 5.41) is 16.1. The normalized spacial score (nSPS) is 12.6. The average molecular weight is 370 g/mol. The Morgan fingerprint density at radius 2 is 2.00 bits per heavy atom. The van der Waals surface area contributed by atoms with Crippen molar-refractivity contribution in [1.29, 1.82) is 0 Å². The first-order valence-corrected chi connectivity index (χ1v) is 10.0. The molecule has 0 fully saturated rings. The first-order valence-electron chi connectivity index (χ1n) is 7.91. The molecule has 2 aromatic carbocycles. The van der Waals surface area contributed by atoms with Crippen LogP contribution in [0, 0.1) is 0 Å². The lowest BCUT2D eigenvalue weighted by molar-refractivity contribution is -0.116. The highest BCUT2D eigenvalue weighted by Gasteiger charge is 2.13. The number of hydrogen-bond donors (Lipinski definition) is 2. The smallest absolute Gasteiger partial charge is 0.244 e. The molecular weight excluding hydrogens is 350 g/mol. The SMILES string of the molecule is CSc1ccc(C=CC(=O)NCC(O)c2csc3ccccc23)cc1. The molecule has 3 aromatic rings. The van der Waals surface area contributed by atoms with Crippen LogP contribution in [0.4, 0.5) is 0 Å². The predicted molar refractivity (Wildman–Crippen MR) is 107 cm³/mol. The number of carbonyl (C=O) groups excluding carboxylic acids is 1. The van der Waals surface area contributed by atoms with Gasteiger partial charge in [0.1, 0.15) is 0 Å². The zero-order chi connectivity index (χ0) is 17.6. The molecular formula is C20H19NO2S2. The van der Waals surface area contributed by atoms with Gasteiger partial charge in [0.25, 0.3) is 0 Å². The molecule has 1 amide bonds. The number of benzene rings is 2. The Balaban J connectivity index is 1.57. The molecule has 1 aromatic heterocycles. The minimum atomic E-state index is -0.714. The van der Waals surface area contributed by atoms with Crippen molar-refractivity contribution >= 4 is 45.2 Å². The monoisotopic (exact) mass is 369 g/mol. The van der Waals surface area contributed by atoms with Crippen molar-refractivity contribution in [1.82, 2.24) is 5.32 Å². The average Bonchev–Trinajstić information content (AvgIpc) is 3.09. The van der Waals surface area contributed by atoms with Crippen LogP contribution in [0.1, 0.15) is 17.2 Å². The van der Waals surface area contributed by atoms with Gasteiger partial charge in [-0.15, -0.1) is 23.1 Å². The van der Waals surface area contributed by atoms with Gasteiger partial charge >= 0.3 is 0 Å². The second kappa shape index (κ2) is 8.34. The van der Waals surface area contributed by atoms with Crippen molar-refractivity contribution in [3.63, 3.8) is 0 Å². The fraction of sp³-hybridized carbons (Fsp3) is 0.150. The van der Waals surface area contributed by atoms with E-state index in [4.69, 9.17) is 0 Å². The lowest BCUT2D eigenvalue weighted by Crippen LogP contribution is -2.26. The number of thiophene rings is 1. The van der Waals surface area contributed by atoms with E-state index in [2.05, 4.69) is 5.32 Å². The molecule has 0 spiro atoms. The highest BCUT2D eigenvalue weighted by molar-refractivity contribution is 7.98. The van der Waals surface area contributed by atoms with Crippen LogP contribution in [0.2, 0.25) is 0 Å². The molecule has 0 bridgehead atoms. The van der Waals surface area contributed by atoms with Crippen LogP contribution in [0.3, 0.4) is 0 Å². The van der Waals surface area contributed by atoms with E-state index in [-0.39, 0.29) is 12.5 Å². The summed E-state index contributed by atoms with van der Waals surface area (Å²) in [6.45, 7) is 0.190. The molecule has 2 N–H and O–H groups in total. The Morgan fingerprint density at radius 1 is 1.24 bits per heavy atom. The van der Waals surface area contributed by atoms with Gasteiger partial charge in [0, 0.05) is 27.8 Å². The van der Waals surface area contributed by atoms with E-state index in [9.17, 15) is 9.90 Å². The summed E-state index contributed by atoms with van der Waals surface area (Å²) in [7, 11) is 0. The molecule has 0 saturated heterocycles. The highest BCUT2D eigenvalue weighted by Crippen LogP contribution is 2.29. The number of thioether (sulfide) groups is 1. The molecule has 5 heteroatoms. The molecule has 1 atom stereocenters. The van der Waals surface area contributed by atoms with Crippen molar-refractivity contribution in [2.75, 3.05) is 12.8 Å². The summed E-state index contributed by atoms with van der Waals surface area (Å²) >= 11 is 3.28. The van der Waals surface area contributed by atoms with Crippen LogP contribution in [0.15, 0.2) is 64.9 Å². The molecule has 0 aliphatic carbocycles. The van der Waals surface area contributed by atoms with Gasteiger partial charge in [0.05, 0.1) is 6.10 Å². The third-order valence-corrected chi connectivity index (χ3v) is 5.61. The first-order chi connectivity index (χ1) is 12.2. The van der Waals surface area contributed by atoms with Crippen molar-refractivity contribution < 1.29 is 9.90 Å². The van der Waals surface area contributed by atoms with Gasteiger partial charge in [-0.05, 0) is 46.9 Å². The van der Waals surface area contributed by atoms with Crippen LogP contribution in [0.25, 0.3) is 16.2 Å². The van der Waals surface area contributed by atoms with Crippen LogP contribution in [0.5, 0.6) is 0 Å². The number of amides is 1. The topological polar surface area (TPSA) is 49.3 Å². The van der Waals surface area contributed by atoms with Crippen molar-refractivity contribution in [3.05, 3.63) is 71.1 Å². The minimum Gasteiger partial charge on any atom is -0.387 e. The fourth-order valence-corrected chi connectivity index (χ4v) is 3.93. The summed E-state index contributed by atoms with van der Waals surface area (Å²) < 4.78 is 1.14. The van der Waals surface area contributed by atoms with Crippen LogP contribution in [-0.4, -0.2) is 23.8 Å². The standard InChI is InChI=1S/C20H19NO2S2/c1-24-15-9-6-14(7-10-15)8-11-20(23)21-12-18(22)17-13-25-19-5-3-2-4-16(17)19/h2-11,13,18,22H,12H2,1H3,(H,21,23). The number of rotatable bonds is 6. The van der Waals surface area contributed by atoms with Gasteiger partial charge in [0.15, 0.2) is 0 Å². The fourth-order valence-electron chi connectivity index (χ4n) is 2.51. The summed E-state index contributed by atoms with van der Waals surface area (Å²) in [6.07, 6.45) is 4.58. The number of nitrogens with one attached hydrogen (secondary N) is 1. The van der Waals surface area contributed by atoms with Gasteiger partial charge in [-0.3, -0.25) is 4.79 Å². The Kier molecular flexibility index (Phi) is 5.91. The largest absolute Gasteiger partial charge is 0.387 e. The Hall–Kier alpha value is -2.08. The van der Waals surface area contributed by atoms with E-state index in [1.165, 1.54) is 11.0 Å². The maximum absolute atomic E-state index is 12.0. The van der Waals surface area contributed by atoms with E-state index in [1.54, 1.807) is 29.2 Å². The van der Waals surface area contributed by atoms with Gasteiger partial charge in [-0.25, -0.2) is 0 Å². The Morgan fingerprint density at radius 3 is 2.76 bits per heavy atom. The molecule has 128 valence electrons. The van der Waals surface area contributed by atoms with Crippen molar-refractivity contribution in [2.24, 2.45) is 0 Å². The molecule has 1 heterocycles. The van der Waals surface area contributed by atoms with Crippen LogP contribution in [-0.2, 0) is 4.79 Å². The van der Waals surface area contributed by atoms with E-state index in [0.29, 0.717) is 0 Å².